The molecule has 0 saturated heterocycles. The molecule has 0 fully saturated rings. The molecule has 0 radical (unpaired) electrons. The SMILES string of the molecule is NC(=O)c1cc(Cl)ccc1OS(=O)(=O)c1ccc2c(c1)CCCC2. The van der Waals surface area contributed by atoms with Gasteiger partial charge >= 0.3 is 10.1 Å². The Labute approximate surface area is 145 Å². The van der Waals surface area contributed by atoms with Crippen LogP contribution < -0.4 is 9.92 Å². The molecule has 0 spiro atoms. The summed E-state index contributed by atoms with van der Waals surface area (Å²) in [7, 11) is -4.07. The Morgan fingerprint density at radius 3 is 2.46 bits per heavy atom. The summed E-state index contributed by atoms with van der Waals surface area (Å²) in [6.45, 7) is 0. The molecule has 0 heterocycles. The van der Waals surface area contributed by atoms with Crippen LogP contribution in [-0.2, 0) is 23.0 Å². The molecule has 1 amide bonds. The van der Waals surface area contributed by atoms with Crippen molar-refractivity contribution in [3.63, 3.8) is 0 Å². The van der Waals surface area contributed by atoms with Gasteiger partial charge in [-0.25, -0.2) is 0 Å². The summed E-state index contributed by atoms with van der Waals surface area (Å²) >= 11 is 5.82. The summed E-state index contributed by atoms with van der Waals surface area (Å²) in [5.41, 5.74) is 7.38. The number of rotatable bonds is 4. The molecule has 2 aromatic rings. The number of nitrogens with two attached hydrogens (primary N) is 1. The molecule has 2 aromatic carbocycles. The Hall–Kier alpha value is -2.05. The van der Waals surface area contributed by atoms with Crippen molar-refractivity contribution in [1.29, 1.82) is 0 Å². The minimum absolute atomic E-state index is 0.0634. The smallest absolute Gasteiger partial charge is 0.339 e. The number of fused-ring (bicyclic) bond motifs is 1. The number of amides is 1. The van der Waals surface area contributed by atoms with E-state index < -0.39 is 16.0 Å². The van der Waals surface area contributed by atoms with Crippen LogP contribution in [0.2, 0.25) is 5.02 Å². The molecular weight excluding hydrogens is 350 g/mol. The molecule has 0 bridgehead atoms. The largest absolute Gasteiger partial charge is 0.378 e. The highest BCUT2D eigenvalue weighted by atomic mass is 35.5. The molecule has 5 nitrogen and oxygen atoms in total. The molecule has 126 valence electrons. The van der Waals surface area contributed by atoms with Gasteiger partial charge in [-0.2, -0.15) is 8.42 Å². The van der Waals surface area contributed by atoms with Crippen molar-refractivity contribution < 1.29 is 17.4 Å². The molecule has 2 N–H and O–H groups in total. The summed E-state index contributed by atoms with van der Waals surface area (Å²) in [4.78, 5) is 11.5. The lowest BCUT2D eigenvalue weighted by Crippen LogP contribution is -2.17. The van der Waals surface area contributed by atoms with E-state index >= 15 is 0 Å². The second-order valence-corrected chi connectivity index (χ2v) is 7.66. The first-order chi connectivity index (χ1) is 11.4. The first-order valence-electron chi connectivity index (χ1n) is 7.52. The molecule has 0 saturated carbocycles. The van der Waals surface area contributed by atoms with Crippen LogP contribution in [0.1, 0.15) is 34.3 Å². The molecule has 1 aliphatic carbocycles. The number of carbonyl (C=O) groups excluding carboxylic acids is 1. The topological polar surface area (TPSA) is 86.5 Å². The summed E-state index contributed by atoms with van der Waals surface area (Å²) in [6.07, 6.45) is 3.97. The van der Waals surface area contributed by atoms with Gasteiger partial charge in [0.2, 0.25) is 0 Å². The molecule has 7 heteroatoms. The van der Waals surface area contributed by atoms with Crippen molar-refractivity contribution in [2.75, 3.05) is 0 Å². The fourth-order valence-electron chi connectivity index (χ4n) is 2.80. The number of hydrogen-bond acceptors (Lipinski definition) is 4. The van der Waals surface area contributed by atoms with E-state index in [0.29, 0.717) is 0 Å². The average Bonchev–Trinajstić information content (AvgIpc) is 2.55. The van der Waals surface area contributed by atoms with E-state index in [9.17, 15) is 13.2 Å². The maximum absolute atomic E-state index is 12.5. The van der Waals surface area contributed by atoms with Crippen LogP contribution in [0.5, 0.6) is 5.75 Å². The van der Waals surface area contributed by atoms with Gasteiger partial charge in [0, 0.05) is 5.02 Å². The number of hydrogen-bond donors (Lipinski definition) is 1. The first-order valence-corrected chi connectivity index (χ1v) is 9.31. The zero-order chi connectivity index (χ0) is 17.3. The Bertz CT molecular complexity index is 909. The lowest BCUT2D eigenvalue weighted by molar-refractivity contribution is 0.0999. The van der Waals surface area contributed by atoms with Crippen molar-refractivity contribution in [3.05, 3.63) is 58.1 Å². The van der Waals surface area contributed by atoms with Gasteiger partial charge in [-0.3, -0.25) is 4.79 Å². The van der Waals surface area contributed by atoms with Gasteiger partial charge < -0.3 is 9.92 Å². The van der Waals surface area contributed by atoms with Crippen LogP contribution >= 0.6 is 11.6 Å². The molecule has 0 atom stereocenters. The third-order valence-corrected chi connectivity index (χ3v) is 5.48. The molecule has 3 rings (SSSR count). The van der Waals surface area contributed by atoms with E-state index in [2.05, 4.69) is 0 Å². The highest BCUT2D eigenvalue weighted by molar-refractivity contribution is 7.87. The summed E-state index contributed by atoms with van der Waals surface area (Å²) in [5.74, 6) is -0.947. The maximum Gasteiger partial charge on any atom is 0.339 e. The molecule has 0 aliphatic heterocycles. The van der Waals surface area contributed by atoms with Crippen LogP contribution in [0.4, 0.5) is 0 Å². The standard InChI is InChI=1S/C17H16ClNO4S/c18-13-6-8-16(15(10-13)17(19)20)23-24(21,22)14-7-5-11-3-1-2-4-12(11)9-14/h5-10H,1-4H2,(H2,19,20). The van der Waals surface area contributed by atoms with E-state index in [4.69, 9.17) is 21.5 Å². The lowest BCUT2D eigenvalue weighted by atomic mass is 9.92. The summed E-state index contributed by atoms with van der Waals surface area (Å²) in [5, 5.41) is 0.266. The Kier molecular flexibility index (Phi) is 4.51. The Morgan fingerprint density at radius 2 is 1.75 bits per heavy atom. The van der Waals surface area contributed by atoms with Crippen LogP contribution in [0.15, 0.2) is 41.3 Å². The van der Waals surface area contributed by atoms with E-state index in [1.54, 1.807) is 6.07 Å². The Balaban J connectivity index is 1.96. The van der Waals surface area contributed by atoms with E-state index in [0.717, 1.165) is 31.2 Å². The number of aryl methyl sites for hydroxylation is 2. The van der Waals surface area contributed by atoms with E-state index in [-0.39, 0.29) is 21.2 Å². The van der Waals surface area contributed by atoms with Gasteiger partial charge in [-0.1, -0.05) is 17.7 Å². The molecule has 0 aromatic heterocycles. The fraction of sp³-hybridized carbons (Fsp3) is 0.235. The van der Waals surface area contributed by atoms with Crippen molar-refractivity contribution in [2.45, 2.75) is 30.6 Å². The number of primary amides is 1. The van der Waals surface area contributed by atoms with Crippen molar-refractivity contribution >= 4 is 27.6 Å². The van der Waals surface area contributed by atoms with E-state index in [1.807, 2.05) is 6.07 Å². The number of halogens is 1. The summed E-state index contributed by atoms with van der Waals surface area (Å²) < 4.78 is 30.2. The van der Waals surface area contributed by atoms with Crippen LogP contribution in [0, 0.1) is 0 Å². The highest BCUT2D eigenvalue weighted by Gasteiger charge is 2.22. The normalized spacial score (nSPS) is 14.0. The predicted octanol–water partition coefficient (Wildman–Crippen LogP) is 3.09. The van der Waals surface area contributed by atoms with Crippen LogP contribution in [0.3, 0.4) is 0 Å². The minimum Gasteiger partial charge on any atom is -0.378 e. The highest BCUT2D eigenvalue weighted by Crippen LogP contribution is 2.28. The Morgan fingerprint density at radius 1 is 1.04 bits per heavy atom. The second kappa shape index (κ2) is 6.45. The van der Waals surface area contributed by atoms with Crippen molar-refractivity contribution in [2.24, 2.45) is 5.73 Å². The summed E-state index contributed by atoms with van der Waals surface area (Å²) in [6, 6.07) is 9.02. The van der Waals surface area contributed by atoms with Gasteiger partial charge in [0.25, 0.3) is 5.91 Å². The lowest BCUT2D eigenvalue weighted by Gasteiger charge is -2.17. The van der Waals surface area contributed by atoms with Gasteiger partial charge in [0.1, 0.15) is 4.90 Å². The quantitative estimate of drug-likeness (QED) is 0.843. The fourth-order valence-corrected chi connectivity index (χ4v) is 3.97. The zero-order valence-electron chi connectivity index (χ0n) is 12.8. The molecular formula is C17H16ClNO4S. The predicted molar refractivity (Wildman–Crippen MR) is 90.9 cm³/mol. The number of benzene rings is 2. The molecule has 0 unspecified atom stereocenters. The minimum atomic E-state index is -4.07. The van der Waals surface area contributed by atoms with Gasteiger partial charge in [-0.15, -0.1) is 0 Å². The van der Waals surface area contributed by atoms with Crippen LogP contribution in [-0.4, -0.2) is 14.3 Å². The first kappa shape index (κ1) is 16.8. The monoisotopic (exact) mass is 365 g/mol. The van der Waals surface area contributed by atoms with Crippen LogP contribution in [0.25, 0.3) is 0 Å². The second-order valence-electron chi connectivity index (χ2n) is 5.68. The molecule has 1 aliphatic rings. The average molecular weight is 366 g/mol. The zero-order valence-corrected chi connectivity index (χ0v) is 14.4. The van der Waals surface area contributed by atoms with Gasteiger partial charge in [0.15, 0.2) is 5.75 Å². The number of carbonyl (C=O) groups is 1. The van der Waals surface area contributed by atoms with Crippen molar-refractivity contribution in [1.82, 2.24) is 0 Å². The van der Waals surface area contributed by atoms with Crippen molar-refractivity contribution in [3.8, 4) is 5.75 Å². The third-order valence-electron chi connectivity index (χ3n) is 4.02. The van der Waals surface area contributed by atoms with E-state index in [1.165, 1.54) is 29.8 Å². The van der Waals surface area contributed by atoms with Gasteiger partial charge in [0.05, 0.1) is 5.56 Å². The molecule has 24 heavy (non-hydrogen) atoms. The van der Waals surface area contributed by atoms with Gasteiger partial charge in [-0.05, 0) is 67.1 Å². The third kappa shape index (κ3) is 3.39. The maximum atomic E-state index is 12.5.